The van der Waals surface area contributed by atoms with Crippen LogP contribution in [0.3, 0.4) is 0 Å². The van der Waals surface area contributed by atoms with Gasteiger partial charge in [0.25, 0.3) is 5.91 Å². The van der Waals surface area contributed by atoms with E-state index in [0.29, 0.717) is 11.5 Å². The van der Waals surface area contributed by atoms with Crippen molar-refractivity contribution in [3.8, 4) is 0 Å². The van der Waals surface area contributed by atoms with Crippen LogP contribution in [0.15, 0.2) is 34.9 Å². The molecule has 18 heavy (non-hydrogen) atoms. The van der Waals surface area contributed by atoms with Crippen LogP contribution < -0.4 is 5.32 Å². The Kier molecular flexibility index (Phi) is 4.00. The maximum Gasteiger partial charge on any atom is 0.252 e. The SMILES string of the molecule is Cc1cnc(C(C)NC(=O)c2ccccc2I)o1. The summed E-state index contributed by atoms with van der Waals surface area (Å²) in [6.45, 7) is 3.67. The van der Waals surface area contributed by atoms with E-state index in [0.717, 1.165) is 9.33 Å². The maximum atomic E-state index is 12.1. The van der Waals surface area contributed by atoms with Crippen molar-refractivity contribution in [1.29, 1.82) is 0 Å². The average Bonchev–Trinajstić information content (AvgIpc) is 2.76. The number of hydrogen-bond acceptors (Lipinski definition) is 3. The predicted molar refractivity (Wildman–Crippen MR) is 76.3 cm³/mol. The van der Waals surface area contributed by atoms with E-state index in [1.165, 1.54) is 0 Å². The van der Waals surface area contributed by atoms with E-state index < -0.39 is 0 Å². The lowest BCUT2D eigenvalue weighted by molar-refractivity contribution is 0.0933. The van der Waals surface area contributed by atoms with E-state index in [1.807, 2.05) is 32.0 Å². The minimum atomic E-state index is -0.248. The van der Waals surface area contributed by atoms with Gasteiger partial charge in [0.15, 0.2) is 0 Å². The summed E-state index contributed by atoms with van der Waals surface area (Å²) in [5.74, 6) is 1.13. The lowest BCUT2D eigenvalue weighted by Crippen LogP contribution is -2.27. The van der Waals surface area contributed by atoms with Gasteiger partial charge in [-0.25, -0.2) is 4.98 Å². The van der Waals surface area contributed by atoms with E-state index >= 15 is 0 Å². The standard InChI is InChI=1S/C13H13IN2O2/c1-8-7-15-13(18-8)9(2)16-12(17)10-5-3-4-6-11(10)14/h3-7,9H,1-2H3,(H,16,17). The van der Waals surface area contributed by atoms with E-state index in [2.05, 4.69) is 32.9 Å². The molecule has 1 unspecified atom stereocenters. The molecule has 5 heteroatoms. The van der Waals surface area contributed by atoms with Gasteiger partial charge in [-0.05, 0) is 48.6 Å². The van der Waals surface area contributed by atoms with Crippen LogP contribution in [0.5, 0.6) is 0 Å². The highest BCUT2D eigenvalue weighted by Gasteiger charge is 2.16. The monoisotopic (exact) mass is 356 g/mol. The highest BCUT2D eigenvalue weighted by atomic mass is 127. The molecule has 1 atom stereocenters. The number of carbonyl (C=O) groups excluding carboxylic acids is 1. The molecular weight excluding hydrogens is 343 g/mol. The Balaban J connectivity index is 2.10. The molecule has 0 saturated carbocycles. The fourth-order valence-corrected chi connectivity index (χ4v) is 2.19. The summed E-state index contributed by atoms with van der Waals surface area (Å²) >= 11 is 2.14. The van der Waals surface area contributed by atoms with Crippen LogP contribution in [-0.4, -0.2) is 10.9 Å². The molecule has 1 N–H and O–H groups in total. The Morgan fingerprint density at radius 1 is 1.44 bits per heavy atom. The molecule has 1 aromatic heterocycles. The molecule has 1 amide bonds. The highest BCUT2D eigenvalue weighted by molar-refractivity contribution is 14.1. The number of aryl methyl sites for hydroxylation is 1. The van der Waals surface area contributed by atoms with Crippen LogP contribution in [0.1, 0.15) is 35.0 Å². The van der Waals surface area contributed by atoms with Crippen LogP contribution >= 0.6 is 22.6 Å². The fourth-order valence-electron chi connectivity index (χ4n) is 1.55. The number of oxazole rings is 1. The summed E-state index contributed by atoms with van der Waals surface area (Å²) in [5, 5.41) is 2.87. The lowest BCUT2D eigenvalue weighted by atomic mass is 10.2. The van der Waals surface area contributed by atoms with Crippen molar-refractivity contribution in [2.75, 3.05) is 0 Å². The first-order valence-electron chi connectivity index (χ1n) is 5.55. The first kappa shape index (κ1) is 13.1. The van der Waals surface area contributed by atoms with E-state index in [9.17, 15) is 4.79 Å². The van der Waals surface area contributed by atoms with Gasteiger partial charge in [-0.2, -0.15) is 0 Å². The van der Waals surface area contributed by atoms with Crippen molar-refractivity contribution >= 4 is 28.5 Å². The van der Waals surface area contributed by atoms with E-state index in [-0.39, 0.29) is 11.9 Å². The van der Waals surface area contributed by atoms with Gasteiger partial charge in [0.1, 0.15) is 11.8 Å². The van der Waals surface area contributed by atoms with Crippen molar-refractivity contribution in [3.05, 3.63) is 51.2 Å². The molecule has 2 aromatic rings. The predicted octanol–water partition coefficient (Wildman–Crippen LogP) is 3.08. The molecule has 94 valence electrons. The Labute approximate surface area is 119 Å². The minimum absolute atomic E-state index is 0.122. The quantitative estimate of drug-likeness (QED) is 0.860. The minimum Gasteiger partial charge on any atom is -0.444 e. The summed E-state index contributed by atoms with van der Waals surface area (Å²) in [5.41, 5.74) is 0.660. The van der Waals surface area contributed by atoms with Gasteiger partial charge in [-0.15, -0.1) is 0 Å². The zero-order valence-corrected chi connectivity index (χ0v) is 12.3. The molecule has 0 spiro atoms. The summed E-state index contributed by atoms with van der Waals surface area (Å²) in [7, 11) is 0. The van der Waals surface area contributed by atoms with Gasteiger partial charge in [-0.3, -0.25) is 4.79 Å². The number of benzene rings is 1. The second-order valence-corrected chi connectivity index (χ2v) is 5.15. The molecule has 0 aliphatic heterocycles. The molecule has 0 aliphatic rings. The van der Waals surface area contributed by atoms with Crippen LogP contribution in [0.25, 0.3) is 0 Å². The number of nitrogens with one attached hydrogen (secondary N) is 1. The molecule has 0 fully saturated rings. The third kappa shape index (κ3) is 2.90. The fraction of sp³-hybridized carbons (Fsp3) is 0.231. The van der Waals surface area contributed by atoms with Gasteiger partial charge < -0.3 is 9.73 Å². The van der Waals surface area contributed by atoms with Crippen molar-refractivity contribution in [2.24, 2.45) is 0 Å². The number of nitrogens with zero attached hydrogens (tertiary/aromatic N) is 1. The van der Waals surface area contributed by atoms with Crippen molar-refractivity contribution < 1.29 is 9.21 Å². The number of aromatic nitrogens is 1. The second kappa shape index (κ2) is 5.51. The first-order valence-corrected chi connectivity index (χ1v) is 6.63. The molecule has 0 saturated heterocycles. The topological polar surface area (TPSA) is 55.1 Å². The Morgan fingerprint density at radius 2 is 2.17 bits per heavy atom. The van der Waals surface area contributed by atoms with Gasteiger partial charge in [0.2, 0.25) is 5.89 Å². The molecule has 4 nitrogen and oxygen atoms in total. The Hall–Kier alpha value is -1.37. The van der Waals surface area contributed by atoms with Crippen LogP contribution in [0.4, 0.5) is 0 Å². The van der Waals surface area contributed by atoms with Gasteiger partial charge in [0.05, 0.1) is 11.8 Å². The van der Waals surface area contributed by atoms with Gasteiger partial charge in [0, 0.05) is 3.57 Å². The van der Waals surface area contributed by atoms with Crippen LogP contribution in [0.2, 0.25) is 0 Å². The Morgan fingerprint density at radius 3 is 2.78 bits per heavy atom. The third-order valence-electron chi connectivity index (χ3n) is 2.48. The zero-order chi connectivity index (χ0) is 13.1. The zero-order valence-electron chi connectivity index (χ0n) is 10.1. The Bertz CT molecular complexity index is 566. The smallest absolute Gasteiger partial charge is 0.252 e. The average molecular weight is 356 g/mol. The second-order valence-electron chi connectivity index (χ2n) is 3.98. The summed E-state index contributed by atoms with van der Waals surface area (Å²) in [6, 6.07) is 7.19. The maximum absolute atomic E-state index is 12.1. The van der Waals surface area contributed by atoms with Gasteiger partial charge in [-0.1, -0.05) is 12.1 Å². The molecule has 2 rings (SSSR count). The number of carbonyl (C=O) groups is 1. The highest BCUT2D eigenvalue weighted by Crippen LogP contribution is 2.15. The number of rotatable bonds is 3. The van der Waals surface area contributed by atoms with E-state index in [4.69, 9.17) is 4.42 Å². The van der Waals surface area contributed by atoms with Crippen molar-refractivity contribution in [1.82, 2.24) is 10.3 Å². The summed E-state index contributed by atoms with van der Waals surface area (Å²) in [4.78, 5) is 16.2. The molecule has 1 heterocycles. The number of halogens is 1. The molecule has 1 aromatic carbocycles. The molecule has 0 bridgehead atoms. The van der Waals surface area contributed by atoms with Crippen molar-refractivity contribution in [2.45, 2.75) is 19.9 Å². The molecular formula is C13H13IN2O2. The van der Waals surface area contributed by atoms with Crippen LogP contribution in [-0.2, 0) is 0 Å². The molecule has 0 aliphatic carbocycles. The summed E-state index contributed by atoms with van der Waals surface area (Å²) < 4.78 is 6.30. The van der Waals surface area contributed by atoms with Crippen molar-refractivity contribution in [3.63, 3.8) is 0 Å². The molecule has 0 radical (unpaired) electrons. The first-order chi connectivity index (χ1) is 8.58. The van der Waals surface area contributed by atoms with Gasteiger partial charge >= 0.3 is 0 Å². The summed E-state index contributed by atoms with van der Waals surface area (Å²) in [6.07, 6.45) is 1.64. The van der Waals surface area contributed by atoms with Crippen LogP contribution in [0, 0.1) is 10.5 Å². The normalized spacial score (nSPS) is 12.2. The number of hydrogen-bond donors (Lipinski definition) is 1. The number of amides is 1. The largest absolute Gasteiger partial charge is 0.444 e. The lowest BCUT2D eigenvalue weighted by Gasteiger charge is -2.11. The van der Waals surface area contributed by atoms with E-state index in [1.54, 1.807) is 12.3 Å². The third-order valence-corrected chi connectivity index (χ3v) is 3.42.